The number of nitrogens with zero attached hydrogens (tertiary/aromatic N) is 1. The lowest BCUT2D eigenvalue weighted by Gasteiger charge is -2.02. The second-order valence-corrected chi connectivity index (χ2v) is 4.08. The van der Waals surface area contributed by atoms with Crippen LogP contribution >= 0.6 is 15.9 Å². The van der Waals surface area contributed by atoms with E-state index in [2.05, 4.69) is 20.9 Å². The fourth-order valence-electron chi connectivity index (χ4n) is 1.30. The van der Waals surface area contributed by atoms with Gasteiger partial charge in [0, 0.05) is 16.6 Å². The van der Waals surface area contributed by atoms with Crippen molar-refractivity contribution >= 4 is 21.9 Å². The summed E-state index contributed by atoms with van der Waals surface area (Å²) in [6.45, 7) is 0. The van der Waals surface area contributed by atoms with Crippen molar-refractivity contribution in [3.8, 4) is 0 Å². The Morgan fingerprint density at radius 1 is 1.62 bits per heavy atom. The Balaban J connectivity index is 2.47. The van der Waals surface area contributed by atoms with Crippen LogP contribution in [0, 0.1) is 0 Å². The molecule has 4 heteroatoms. The van der Waals surface area contributed by atoms with Gasteiger partial charge in [0.1, 0.15) is 0 Å². The molecule has 0 aliphatic heterocycles. The summed E-state index contributed by atoms with van der Waals surface area (Å²) in [6, 6.07) is 1.61. The van der Waals surface area contributed by atoms with Crippen LogP contribution in [-0.2, 0) is 0 Å². The van der Waals surface area contributed by atoms with Crippen LogP contribution in [0.25, 0.3) is 0 Å². The number of pyridine rings is 1. The molecule has 2 rings (SSSR count). The normalized spacial score (nSPS) is 15.8. The highest BCUT2D eigenvalue weighted by Crippen LogP contribution is 2.40. The van der Waals surface area contributed by atoms with Gasteiger partial charge in [-0.05, 0) is 34.8 Å². The maximum atomic E-state index is 10.8. The highest BCUT2D eigenvalue weighted by atomic mass is 79.9. The molecule has 13 heavy (non-hydrogen) atoms. The topological polar surface area (TPSA) is 50.2 Å². The predicted molar refractivity (Wildman–Crippen MR) is 50.9 cm³/mol. The van der Waals surface area contributed by atoms with Crippen molar-refractivity contribution in [2.24, 2.45) is 0 Å². The SMILES string of the molecule is O=C(O)c1cc(Br)cnc1C1CC1. The fraction of sp³-hybridized carbons (Fsp3) is 0.333. The van der Waals surface area contributed by atoms with Gasteiger partial charge in [-0.1, -0.05) is 0 Å². The fourth-order valence-corrected chi connectivity index (χ4v) is 1.63. The minimum absolute atomic E-state index is 0.330. The van der Waals surface area contributed by atoms with Crippen LogP contribution in [0.5, 0.6) is 0 Å². The summed E-state index contributed by atoms with van der Waals surface area (Å²) >= 11 is 3.21. The molecular weight excluding hydrogens is 234 g/mol. The second kappa shape index (κ2) is 3.10. The molecule has 1 aliphatic carbocycles. The molecule has 0 unspecified atom stereocenters. The third-order valence-electron chi connectivity index (χ3n) is 2.08. The summed E-state index contributed by atoms with van der Waals surface area (Å²) in [5.41, 5.74) is 1.06. The molecule has 0 amide bonds. The van der Waals surface area contributed by atoms with Crippen molar-refractivity contribution in [1.82, 2.24) is 4.98 Å². The Bertz CT molecular complexity index is 361. The van der Waals surface area contributed by atoms with E-state index < -0.39 is 5.97 Å². The van der Waals surface area contributed by atoms with Crippen LogP contribution in [-0.4, -0.2) is 16.1 Å². The molecule has 1 fully saturated rings. The van der Waals surface area contributed by atoms with Gasteiger partial charge in [-0.15, -0.1) is 0 Å². The van der Waals surface area contributed by atoms with Gasteiger partial charge in [0.25, 0.3) is 0 Å². The summed E-state index contributed by atoms with van der Waals surface area (Å²) in [7, 11) is 0. The van der Waals surface area contributed by atoms with E-state index in [0.29, 0.717) is 16.0 Å². The standard InChI is InChI=1S/C9H8BrNO2/c10-6-3-7(9(12)13)8(11-4-6)5-1-2-5/h3-5H,1-2H2,(H,12,13). The zero-order valence-corrected chi connectivity index (χ0v) is 8.41. The number of hydrogen-bond acceptors (Lipinski definition) is 2. The Kier molecular flexibility index (Phi) is 2.07. The Hall–Kier alpha value is -0.900. The first kappa shape index (κ1) is 8.69. The molecule has 1 heterocycles. The van der Waals surface area contributed by atoms with Gasteiger partial charge in [0.2, 0.25) is 0 Å². The van der Waals surface area contributed by atoms with E-state index in [4.69, 9.17) is 5.11 Å². The average Bonchev–Trinajstić information content (AvgIpc) is 2.87. The van der Waals surface area contributed by atoms with E-state index in [1.807, 2.05) is 0 Å². The molecule has 0 bridgehead atoms. The molecular formula is C9H8BrNO2. The second-order valence-electron chi connectivity index (χ2n) is 3.17. The summed E-state index contributed by atoms with van der Waals surface area (Å²) in [5.74, 6) is -0.519. The lowest BCUT2D eigenvalue weighted by molar-refractivity contribution is 0.0695. The molecule has 0 radical (unpaired) electrons. The highest BCUT2D eigenvalue weighted by Gasteiger charge is 2.29. The van der Waals surface area contributed by atoms with Crippen molar-refractivity contribution in [1.29, 1.82) is 0 Å². The molecule has 0 spiro atoms. The number of aromatic carboxylic acids is 1. The summed E-state index contributed by atoms with van der Waals surface area (Å²) in [5, 5.41) is 8.91. The van der Waals surface area contributed by atoms with Gasteiger partial charge in [-0.2, -0.15) is 0 Å². The van der Waals surface area contributed by atoms with Gasteiger partial charge in [-0.25, -0.2) is 4.79 Å². The number of carboxylic acid groups (broad SMARTS) is 1. The number of rotatable bonds is 2. The molecule has 0 aromatic carbocycles. The molecule has 0 saturated heterocycles. The van der Waals surface area contributed by atoms with Crippen molar-refractivity contribution in [3.05, 3.63) is 28.0 Å². The van der Waals surface area contributed by atoms with Gasteiger partial charge >= 0.3 is 5.97 Å². The first-order valence-corrected chi connectivity index (χ1v) is 4.86. The van der Waals surface area contributed by atoms with Crippen molar-refractivity contribution < 1.29 is 9.90 Å². The highest BCUT2D eigenvalue weighted by molar-refractivity contribution is 9.10. The summed E-state index contributed by atoms with van der Waals surface area (Å²) in [6.07, 6.45) is 3.78. The number of carboxylic acids is 1. The minimum atomic E-state index is -0.893. The van der Waals surface area contributed by atoms with Gasteiger partial charge < -0.3 is 5.11 Å². The molecule has 1 aromatic heterocycles. The van der Waals surface area contributed by atoms with Crippen molar-refractivity contribution in [3.63, 3.8) is 0 Å². The average molecular weight is 242 g/mol. The van der Waals surface area contributed by atoms with Crippen molar-refractivity contribution in [2.75, 3.05) is 0 Å². The lowest BCUT2D eigenvalue weighted by Crippen LogP contribution is -2.03. The van der Waals surface area contributed by atoms with Gasteiger partial charge in [0.15, 0.2) is 0 Å². The number of halogens is 1. The molecule has 0 atom stereocenters. The number of aromatic nitrogens is 1. The van der Waals surface area contributed by atoms with Crippen LogP contribution in [0.15, 0.2) is 16.7 Å². The zero-order valence-electron chi connectivity index (χ0n) is 6.83. The Labute approximate surface area is 83.9 Å². The van der Waals surface area contributed by atoms with E-state index in [1.54, 1.807) is 12.3 Å². The smallest absolute Gasteiger partial charge is 0.337 e. The zero-order chi connectivity index (χ0) is 9.42. The Morgan fingerprint density at radius 3 is 2.85 bits per heavy atom. The van der Waals surface area contributed by atoms with E-state index in [1.165, 1.54) is 0 Å². The van der Waals surface area contributed by atoms with E-state index in [0.717, 1.165) is 18.5 Å². The molecule has 3 nitrogen and oxygen atoms in total. The molecule has 1 aliphatic rings. The maximum Gasteiger partial charge on any atom is 0.337 e. The van der Waals surface area contributed by atoms with Crippen LogP contribution in [0.4, 0.5) is 0 Å². The Morgan fingerprint density at radius 2 is 2.31 bits per heavy atom. The quantitative estimate of drug-likeness (QED) is 0.866. The first-order valence-electron chi connectivity index (χ1n) is 4.07. The third-order valence-corrected chi connectivity index (χ3v) is 2.51. The van der Waals surface area contributed by atoms with Crippen LogP contribution < -0.4 is 0 Å². The maximum absolute atomic E-state index is 10.8. The third kappa shape index (κ3) is 1.72. The largest absolute Gasteiger partial charge is 0.478 e. The monoisotopic (exact) mass is 241 g/mol. The minimum Gasteiger partial charge on any atom is -0.478 e. The lowest BCUT2D eigenvalue weighted by atomic mass is 10.1. The summed E-state index contributed by atoms with van der Waals surface area (Å²) in [4.78, 5) is 15.0. The van der Waals surface area contributed by atoms with Gasteiger partial charge in [0.05, 0.1) is 11.3 Å². The van der Waals surface area contributed by atoms with E-state index in [-0.39, 0.29) is 0 Å². The van der Waals surface area contributed by atoms with Crippen LogP contribution in [0.1, 0.15) is 34.8 Å². The number of hydrogen-bond donors (Lipinski definition) is 1. The van der Waals surface area contributed by atoms with E-state index >= 15 is 0 Å². The van der Waals surface area contributed by atoms with Crippen molar-refractivity contribution in [2.45, 2.75) is 18.8 Å². The van der Waals surface area contributed by atoms with Crippen LogP contribution in [0.2, 0.25) is 0 Å². The summed E-state index contributed by atoms with van der Waals surface area (Å²) < 4.78 is 0.717. The van der Waals surface area contributed by atoms with Gasteiger partial charge in [-0.3, -0.25) is 4.98 Å². The molecule has 68 valence electrons. The first-order chi connectivity index (χ1) is 6.18. The van der Waals surface area contributed by atoms with Crippen LogP contribution in [0.3, 0.4) is 0 Å². The number of carbonyl (C=O) groups is 1. The predicted octanol–water partition coefficient (Wildman–Crippen LogP) is 2.42. The molecule has 1 N–H and O–H groups in total. The molecule has 1 aromatic rings. The molecule has 1 saturated carbocycles. The van der Waals surface area contributed by atoms with E-state index in [9.17, 15) is 4.79 Å².